The molecule has 31 heavy (non-hydrogen) atoms. The van der Waals surface area contributed by atoms with Crippen LogP contribution in [0.5, 0.6) is 0 Å². The summed E-state index contributed by atoms with van der Waals surface area (Å²) >= 11 is 0. The lowest BCUT2D eigenvalue weighted by Crippen LogP contribution is -2.22. The van der Waals surface area contributed by atoms with E-state index in [1.54, 1.807) is 38.1 Å². The van der Waals surface area contributed by atoms with Crippen molar-refractivity contribution in [2.45, 2.75) is 20.0 Å². The molecular weight excluding hydrogens is 401 g/mol. The lowest BCUT2D eigenvalue weighted by Gasteiger charge is -2.14. The summed E-state index contributed by atoms with van der Waals surface area (Å²) in [5.74, 6) is -1.64. The number of benzene rings is 2. The van der Waals surface area contributed by atoms with Gasteiger partial charge in [-0.2, -0.15) is 0 Å². The third-order valence-electron chi connectivity index (χ3n) is 4.64. The van der Waals surface area contributed by atoms with E-state index in [1.165, 1.54) is 19.3 Å². The fraction of sp³-hybridized carbons (Fsp3) is 0.182. The number of aliphatic hydroxyl groups is 1. The standard InChI is InChI=1S/C22H22FN5O3/c1-11-6-13(9-14(23)7-11)19(29)22(31)27-15-4-5-16(12(2)8-15)17-10-26-20(24)18(28-17)21(30)25-3/h4-10,19,29H,1-3H3,(H2,24,26)(H,25,30)(H,27,31)/t19-/m1/s1. The van der Waals surface area contributed by atoms with E-state index >= 15 is 0 Å². The number of nitrogens with one attached hydrogen (secondary N) is 2. The van der Waals surface area contributed by atoms with Crippen molar-refractivity contribution in [1.82, 2.24) is 15.3 Å². The average molecular weight is 423 g/mol. The van der Waals surface area contributed by atoms with Gasteiger partial charge in [-0.15, -0.1) is 0 Å². The molecule has 0 fully saturated rings. The number of aryl methyl sites for hydroxylation is 2. The maximum atomic E-state index is 13.6. The molecular formula is C22H22FN5O3. The second kappa shape index (κ2) is 8.88. The van der Waals surface area contributed by atoms with Gasteiger partial charge < -0.3 is 21.5 Å². The molecule has 3 rings (SSSR count). The average Bonchev–Trinajstić information content (AvgIpc) is 2.72. The van der Waals surface area contributed by atoms with Gasteiger partial charge in [-0.25, -0.2) is 14.4 Å². The van der Waals surface area contributed by atoms with Crippen molar-refractivity contribution < 1.29 is 19.1 Å². The summed E-state index contributed by atoms with van der Waals surface area (Å²) in [6.07, 6.45) is -0.0641. The van der Waals surface area contributed by atoms with Crippen LogP contribution >= 0.6 is 0 Å². The van der Waals surface area contributed by atoms with Gasteiger partial charge in [0.05, 0.1) is 11.9 Å². The number of halogens is 1. The van der Waals surface area contributed by atoms with Gasteiger partial charge in [-0.05, 0) is 54.8 Å². The fourth-order valence-electron chi connectivity index (χ4n) is 3.13. The van der Waals surface area contributed by atoms with Gasteiger partial charge >= 0.3 is 0 Å². The maximum absolute atomic E-state index is 13.6. The zero-order valence-electron chi connectivity index (χ0n) is 17.2. The van der Waals surface area contributed by atoms with Crippen molar-refractivity contribution >= 4 is 23.3 Å². The van der Waals surface area contributed by atoms with Crippen molar-refractivity contribution in [1.29, 1.82) is 0 Å². The predicted molar refractivity (Wildman–Crippen MR) is 115 cm³/mol. The van der Waals surface area contributed by atoms with Crippen LogP contribution in [0.4, 0.5) is 15.9 Å². The number of hydrogen-bond acceptors (Lipinski definition) is 6. The third kappa shape index (κ3) is 4.84. The molecule has 0 aliphatic carbocycles. The molecule has 1 atom stereocenters. The van der Waals surface area contributed by atoms with E-state index in [0.29, 0.717) is 22.5 Å². The quantitative estimate of drug-likeness (QED) is 0.499. The number of aromatic nitrogens is 2. The first-order chi connectivity index (χ1) is 14.7. The number of aliphatic hydroxyl groups excluding tert-OH is 1. The molecule has 0 radical (unpaired) electrons. The van der Waals surface area contributed by atoms with Gasteiger partial charge in [-0.3, -0.25) is 9.59 Å². The van der Waals surface area contributed by atoms with Crippen molar-refractivity contribution in [2.75, 3.05) is 18.1 Å². The minimum Gasteiger partial charge on any atom is -0.382 e. The Kier molecular flexibility index (Phi) is 6.26. The number of nitrogens with two attached hydrogens (primary N) is 1. The van der Waals surface area contributed by atoms with Crippen LogP contribution in [0.15, 0.2) is 42.6 Å². The summed E-state index contributed by atoms with van der Waals surface area (Å²) in [5.41, 5.74) is 8.83. The van der Waals surface area contributed by atoms with E-state index < -0.39 is 23.7 Å². The molecule has 8 nitrogen and oxygen atoms in total. The lowest BCUT2D eigenvalue weighted by molar-refractivity contribution is -0.124. The molecule has 9 heteroatoms. The van der Waals surface area contributed by atoms with E-state index in [2.05, 4.69) is 20.6 Å². The summed E-state index contributed by atoms with van der Waals surface area (Å²) in [6.45, 7) is 3.48. The number of carbonyl (C=O) groups excluding carboxylic acids is 2. The van der Waals surface area contributed by atoms with Crippen LogP contribution in [0.3, 0.4) is 0 Å². The molecule has 0 aliphatic heterocycles. The van der Waals surface area contributed by atoms with Crippen LogP contribution in [0.2, 0.25) is 0 Å². The minimum atomic E-state index is -1.52. The number of carbonyl (C=O) groups is 2. The first kappa shape index (κ1) is 21.8. The Bertz CT molecular complexity index is 1150. The summed E-state index contributed by atoms with van der Waals surface area (Å²) in [5, 5.41) is 15.4. The van der Waals surface area contributed by atoms with Crippen LogP contribution in [0.25, 0.3) is 11.3 Å². The Morgan fingerprint density at radius 2 is 1.90 bits per heavy atom. The topological polar surface area (TPSA) is 130 Å². The third-order valence-corrected chi connectivity index (χ3v) is 4.64. The molecule has 0 saturated heterocycles. The highest BCUT2D eigenvalue weighted by Gasteiger charge is 2.19. The van der Waals surface area contributed by atoms with Crippen LogP contribution < -0.4 is 16.4 Å². The fourth-order valence-corrected chi connectivity index (χ4v) is 3.13. The van der Waals surface area contributed by atoms with Gasteiger partial charge in [0, 0.05) is 18.3 Å². The molecule has 2 aromatic carbocycles. The zero-order chi connectivity index (χ0) is 22.7. The Balaban J connectivity index is 1.82. The zero-order valence-corrected chi connectivity index (χ0v) is 17.2. The molecule has 2 amide bonds. The minimum absolute atomic E-state index is 0.0188. The number of rotatable bonds is 5. The number of nitrogen functional groups attached to an aromatic ring is 1. The summed E-state index contributed by atoms with van der Waals surface area (Å²) < 4.78 is 13.6. The SMILES string of the molecule is CNC(=O)c1nc(-c2ccc(NC(=O)[C@H](O)c3cc(C)cc(F)c3)cc2C)cnc1N. The number of hydrogen-bond donors (Lipinski definition) is 4. The van der Waals surface area contributed by atoms with Crippen LogP contribution in [-0.2, 0) is 4.79 Å². The number of amides is 2. The molecule has 0 unspecified atom stereocenters. The summed E-state index contributed by atoms with van der Waals surface area (Å²) in [7, 11) is 1.47. The molecule has 0 spiro atoms. The van der Waals surface area contributed by atoms with Gasteiger partial charge in [0.1, 0.15) is 5.82 Å². The van der Waals surface area contributed by atoms with Crippen molar-refractivity contribution in [3.8, 4) is 11.3 Å². The second-order valence-corrected chi connectivity index (χ2v) is 7.05. The van der Waals surface area contributed by atoms with Crippen LogP contribution in [0.1, 0.15) is 33.3 Å². The Morgan fingerprint density at radius 3 is 2.55 bits per heavy atom. The van der Waals surface area contributed by atoms with E-state index in [0.717, 1.165) is 11.6 Å². The summed E-state index contributed by atoms with van der Waals surface area (Å²) in [6, 6.07) is 9.00. The van der Waals surface area contributed by atoms with E-state index in [4.69, 9.17) is 5.73 Å². The highest BCUT2D eigenvalue weighted by atomic mass is 19.1. The first-order valence-electron chi connectivity index (χ1n) is 9.41. The van der Waals surface area contributed by atoms with Gasteiger partial charge in [0.2, 0.25) is 0 Å². The maximum Gasteiger partial charge on any atom is 0.273 e. The Hall–Kier alpha value is -3.85. The highest BCUT2D eigenvalue weighted by molar-refractivity contribution is 5.97. The van der Waals surface area contributed by atoms with Gasteiger partial charge in [-0.1, -0.05) is 12.1 Å². The summed E-state index contributed by atoms with van der Waals surface area (Å²) in [4.78, 5) is 32.7. The van der Waals surface area contributed by atoms with Crippen molar-refractivity contribution in [3.05, 3.63) is 70.8 Å². The molecule has 1 heterocycles. The van der Waals surface area contributed by atoms with Gasteiger partial charge in [0.25, 0.3) is 11.8 Å². The molecule has 5 N–H and O–H groups in total. The van der Waals surface area contributed by atoms with Crippen LogP contribution in [-0.4, -0.2) is 33.9 Å². The van der Waals surface area contributed by atoms with E-state index in [1.807, 2.05) is 0 Å². The lowest BCUT2D eigenvalue weighted by atomic mass is 10.0. The van der Waals surface area contributed by atoms with E-state index in [-0.39, 0.29) is 17.1 Å². The molecule has 0 saturated carbocycles. The first-order valence-corrected chi connectivity index (χ1v) is 9.41. The molecule has 0 bridgehead atoms. The second-order valence-electron chi connectivity index (χ2n) is 7.05. The van der Waals surface area contributed by atoms with Gasteiger partial charge in [0.15, 0.2) is 17.6 Å². The van der Waals surface area contributed by atoms with E-state index in [9.17, 15) is 19.1 Å². The Labute approximate surface area is 178 Å². The predicted octanol–water partition coefficient (Wildman–Crippen LogP) is 2.51. The smallest absolute Gasteiger partial charge is 0.273 e. The largest absolute Gasteiger partial charge is 0.382 e. The highest BCUT2D eigenvalue weighted by Crippen LogP contribution is 2.26. The normalized spacial score (nSPS) is 11.6. The number of anilines is 2. The van der Waals surface area contributed by atoms with Crippen LogP contribution in [0, 0.1) is 19.7 Å². The molecule has 1 aromatic heterocycles. The Morgan fingerprint density at radius 1 is 1.16 bits per heavy atom. The molecule has 0 aliphatic rings. The van der Waals surface area contributed by atoms with Crippen molar-refractivity contribution in [3.63, 3.8) is 0 Å². The molecule has 160 valence electrons. The molecule has 3 aromatic rings. The monoisotopic (exact) mass is 423 g/mol. The van der Waals surface area contributed by atoms with Crippen molar-refractivity contribution in [2.24, 2.45) is 0 Å². The number of nitrogens with zero attached hydrogens (tertiary/aromatic N) is 2.